The third kappa shape index (κ3) is 3.59. The maximum Gasteiger partial charge on any atom is 0.270 e. The molecule has 2 aliphatic rings. The highest BCUT2D eigenvalue weighted by Gasteiger charge is 2.30. The van der Waals surface area contributed by atoms with Crippen molar-refractivity contribution in [1.82, 2.24) is 9.88 Å². The van der Waals surface area contributed by atoms with E-state index in [0.29, 0.717) is 53.6 Å². The summed E-state index contributed by atoms with van der Waals surface area (Å²) in [5.41, 5.74) is 1.37. The molecule has 0 unspecified atom stereocenters. The van der Waals surface area contributed by atoms with Crippen molar-refractivity contribution in [2.45, 2.75) is 12.8 Å². The highest BCUT2D eigenvalue weighted by Crippen LogP contribution is 2.31. The number of ether oxygens (including phenoxy) is 1. The molecule has 7 nitrogen and oxygen atoms in total. The number of nitrogens with zero attached hydrogens (tertiary/aromatic N) is 1. The summed E-state index contributed by atoms with van der Waals surface area (Å²) >= 11 is 11.8. The highest BCUT2D eigenvalue weighted by atomic mass is 35.5. The van der Waals surface area contributed by atoms with Gasteiger partial charge < -0.3 is 19.9 Å². The largest absolute Gasteiger partial charge is 0.482 e. The second-order valence-electron chi connectivity index (χ2n) is 6.82. The molecule has 1 aromatic carbocycles. The van der Waals surface area contributed by atoms with Crippen LogP contribution in [-0.2, 0) is 4.79 Å². The summed E-state index contributed by atoms with van der Waals surface area (Å²) < 4.78 is 5.32. The Morgan fingerprint density at radius 3 is 2.57 bits per heavy atom. The fourth-order valence-electron chi connectivity index (χ4n) is 3.51. The molecule has 2 aliphatic heterocycles. The van der Waals surface area contributed by atoms with Gasteiger partial charge in [-0.15, -0.1) is 0 Å². The second-order valence-corrected chi connectivity index (χ2v) is 7.61. The van der Waals surface area contributed by atoms with Crippen LogP contribution in [0.3, 0.4) is 0 Å². The van der Waals surface area contributed by atoms with Crippen molar-refractivity contribution >= 4 is 46.5 Å². The standard InChI is InChI=1S/C19H17Cl2N3O4/c20-12-8-14(23-18(12)21)19(27)24-5-3-10(4-6-24)17(26)11-1-2-15-13(7-11)22-16(25)9-28-15/h1-2,7-8,10,23H,3-6,9H2,(H,22,25). The Bertz CT molecular complexity index is 945. The Morgan fingerprint density at radius 2 is 1.89 bits per heavy atom. The smallest absolute Gasteiger partial charge is 0.270 e. The third-order valence-corrected chi connectivity index (χ3v) is 5.70. The first-order valence-corrected chi connectivity index (χ1v) is 9.62. The lowest BCUT2D eigenvalue weighted by atomic mass is 9.88. The zero-order chi connectivity index (χ0) is 19.8. The lowest BCUT2D eigenvalue weighted by Gasteiger charge is -2.31. The molecule has 9 heteroatoms. The summed E-state index contributed by atoms with van der Waals surface area (Å²) in [4.78, 5) is 41.3. The minimum atomic E-state index is -0.242. The SMILES string of the molecule is O=C1COc2ccc(C(=O)C3CCN(C(=O)c4cc(Cl)c(Cl)[nH]4)CC3)cc2N1. The van der Waals surface area contributed by atoms with Gasteiger partial charge in [0.2, 0.25) is 0 Å². The number of H-pyrrole nitrogens is 1. The number of piperidine rings is 1. The number of benzene rings is 1. The molecule has 1 fully saturated rings. The molecule has 0 saturated carbocycles. The van der Waals surface area contributed by atoms with Crippen molar-refractivity contribution in [2.75, 3.05) is 25.0 Å². The molecule has 1 saturated heterocycles. The minimum absolute atomic E-state index is 0.000633. The molecule has 0 atom stereocenters. The number of hydrogen-bond acceptors (Lipinski definition) is 4. The van der Waals surface area contributed by atoms with Gasteiger partial charge in [-0.25, -0.2) is 0 Å². The summed E-state index contributed by atoms with van der Waals surface area (Å²) in [5.74, 6) is -0.0552. The molecule has 0 radical (unpaired) electrons. The second kappa shape index (κ2) is 7.48. The number of aromatic amines is 1. The van der Waals surface area contributed by atoms with Crippen molar-refractivity contribution in [1.29, 1.82) is 0 Å². The number of carbonyl (C=O) groups excluding carboxylic acids is 3. The predicted octanol–water partition coefficient (Wildman–Crippen LogP) is 3.39. The van der Waals surface area contributed by atoms with Gasteiger partial charge in [0.1, 0.15) is 16.6 Å². The summed E-state index contributed by atoms with van der Waals surface area (Å²) in [6.07, 6.45) is 1.12. The molecule has 146 valence electrons. The zero-order valence-electron chi connectivity index (χ0n) is 14.8. The first-order valence-electron chi connectivity index (χ1n) is 8.86. The summed E-state index contributed by atoms with van der Waals surface area (Å²) in [7, 11) is 0. The number of amides is 2. The van der Waals surface area contributed by atoms with Gasteiger partial charge in [0.15, 0.2) is 12.4 Å². The Labute approximate surface area is 170 Å². The third-order valence-electron chi connectivity index (χ3n) is 5.01. The molecule has 28 heavy (non-hydrogen) atoms. The van der Waals surface area contributed by atoms with Crippen LogP contribution in [0.1, 0.15) is 33.7 Å². The molecular formula is C19H17Cl2N3O4. The van der Waals surface area contributed by atoms with E-state index in [9.17, 15) is 14.4 Å². The van der Waals surface area contributed by atoms with Crippen molar-refractivity contribution < 1.29 is 19.1 Å². The number of aromatic nitrogens is 1. The fraction of sp³-hybridized carbons (Fsp3) is 0.316. The van der Waals surface area contributed by atoms with Crippen LogP contribution in [0.4, 0.5) is 5.69 Å². The highest BCUT2D eigenvalue weighted by molar-refractivity contribution is 6.41. The molecule has 4 rings (SSSR count). The van der Waals surface area contributed by atoms with Crippen LogP contribution in [0.5, 0.6) is 5.75 Å². The van der Waals surface area contributed by atoms with Crippen LogP contribution in [0, 0.1) is 5.92 Å². The van der Waals surface area contributed by atoms with Gasteiger partial charge in [-0.3, -0.25) is 14.4 Å². The van der Waals surface area contributed by atoms with E-state index in [1.807, 2.05) is 0 Å². The zero-order valence-corrected chi connectivity index (χ0v) is 16.3. The summed E-state index contributed by atoms with van der Waals surface area (Å²) in [6, 6.07) is 6.56. The average Bonchev–Trinajstić information content (AvgIpc) is 3.05. The van der Waals surface area contributed by atoms with Crippen molar-refractivity contribution in [3.8, 4) is 5.75 Å². The molecular weight excluding hydrogens is 405 g/mol. The number of rotatable bonds is 3. The number of fused-ring (bicyclic) bond motifs is 1. The number of ketones is 1. The van der Waals surface area contributed by atoms with Crippen LogP contribution >= 0.6 is 23.2 Å². The van der Waals surface area contributed by atoms with Gasteiger partial charge >= 0.3 is 0 Å². The summed E-state index contributed by atoms with van der Waals surface area (Å²) in [6.45, 7) is 0.909. The minimum Gasteiger partial charge on any atom is -0.482 e. The fourth-order valence-corrected chi connectivity index (χ4v) is 3.82. The Kier molecular flexibility index (Phi) is 5.03. The van der Waals surface area contributed by atoms with E-state index in [2.05, 4.69) is 10.3 Å². The maximum atomic E-state index is 12.9. The first kappa shape index (κ1) is 18.8. The lowest BCUT2D eigenvalue weighted by molar-refractivity contribution is -0.118. The Balaban J connectivity index is 1.41. The van der Waals surface area contributed by atoms with Crippen LogP contribution in [0.15, 0.2) is 24.3 Å². The van der Waals surface area contributed by atoms with Crippen molar-refractivity contribution in [3.63, 3.8) is 0 Å². The van der Waals surface area contributed by atoms with Gasteiger partial charge in [0.25, 0.3) is 11.8 Å². The lowest BCUT2D eigenvalue weighted by Crippen LogP contribution is -2.40. The predicted molar refractivity (Wildman–Crippen MR) is 104 cm³/mol. The number of halogens is 2. The Morgan fingerprint density at radius 1 is 1.14 bits per heavy atom. The number of likely N-dealkylation sites (tertiary alicyclic amines) is 1. The molecule has 0 bridgehead atoms. The molecule has 2 N–H and O–H groups in total. The molecule has 0 spiro atoms. The van der Waals surface area contributed by atoms with E-state index < -0.39 is 0 Å². The molecule has 2 aromatic rings. The average molecular weight is 422 g/mol. The van der Waals surface area contributed by atoms with Gasteiger partial charge in [-0.05, 0) is 37.1 Å². The number of anilines is 1. The molecule has 1 aromatic heterocycles. The molecule has 0 aliphatic carbocycles. The van der Waals surface area contributed by atoms with E-state index in [-0.39, 0.29) is 35.3 Å². The topological polar surface area (TPSA) is 91.5 Å². The van der Waals surface area contributed by atoms with Crippen LogP contribution < -0.4 is 10.1 Å². The van der Waals surface area contributed by atoms with Gasteiger partial charge in [-0.2, -0.15) is 0 Å². The maximum absolute atomic E-state index is 12.9. The van der Waals surface area contributed by atoms with Crippen molar-refractivity contribution in [2.24, 2.45) is 5.92 Å². The first-order chi connectivity index (χ1) is 13.4. The van der Waals surface area contributed by atoms with E-state index in [1.54, 1.807) is 23.1 Å². The van der Waals surface area contributed by atoms with Gasteiger partial charge in [0, 0.05) is 24.6 Å². The summed E-state index contributed by atoms with van der Waals surface area (Å²) in [5, 5.41) is 3.25. The normalized spacial score (nSPS) is 16.9. The van der Waals surface area contributed by atoms with E-state index in [4.69, 9.17) is 27.9 Å². The molecule has 3 heterocycles. The van der Waals surface area contributed by atoms with Crippen LogP contribution in [0.2, 0.25) is 10.2 Å². The van der Waals surface area contributed by atoms with Crippen LogP contribution in [0.25, 0.3) is 0 Å². The monoisotopic (exact) mass is 421 g/mol. The van der Waals surface area contributed by atoms with Gasteiger partial charge in [0.05, 0.1) is 10.7 Å². The van der Waals surface area contributed by atoms with Crippen LogP contribution in [-0.4, -0.2) is 47.2 Å². The number of carbonyl (C=O) groups is 3. The van der Waals surface area contributed by atoms with E-state index >= 15 is 0 Å². The number of Topliss-reactive ketones (excluding diaryl/α,β-unsaturated/α-hetero) is 1. The van der Waals surface area contributed by atoms with E-state index in [1.165, 1.54) is 6.07 Å². The van der Waals surface area contributed by atoms with Gasteiger partial charge in [-0.1, -0.05) is 23.2 Å². The Hall–Kier alpha value is -2.51. The van der Waals surface area contributed by atoms with E-state index in [0.717, 1.165) is 0 Å². The number of nitrogens with one attached hydrogen (secondary N) is 2. The number of hydrogen-bond donors (Lipinski definition) is 2. The van der Waals surface area contributed by atoms with Crippen molar-refractivity contribution in [3.05, 3.63) is 45.7 Å². The quantitative estimate of drug-likeness (QED) is 0.742. The molecule has 2 amide bonds.